The molecule has 0 spiro atoms. The monoisotopic (exact) mass is 353 g/mol. The lowest BCUT2D eigenvalue weighted by atomic mass is 10.1. The number of nitro groups is 1. The number of nitrogens with zero attached hydrogens (tertiary/aromatic N) is 1. The summed E-state index contributed by atoms with van der Waals surface area (Å²) in [4.78, 5) is 12.1. The first-order valence-electron chi connectivity index (χ1n) is 5.87. The number of hydrogen-bond donors (Lipinski definition) is 1. The molecule has 0 aliphatic heterocycles. The van der Waals surface area contributed by atoms with E-state index in [2.05, 4.69) is 15.9 Å². The predicted molar refractivity (Wildman–Crippen MR) is 82.0 cm³/mol. The summed E-state index contributed by atoms with van der Waals surface area (Å²) in [5.74, 6) is 0. The molecule has 0 saturated heterocycles. The van der Waals surface area contributed by atoms with Crippen molar-refractivity contribution in [3.8, 4) is 0 Å². The highest BCUT2D eigenvalue weighted by Gasteiger charge is 2.08. The molecule has 0 aromatic heterocycles. The van der Waals surface area contributed by atoms with Crippen molar-refractivity contribution in [2.75, 3.05) is 0 Å². The number of aliphatic hydroxyl groups excluding tert-OH is 1. The van der Waals surface area contributed by atoms with Crippen molar-refractivity contribution in [1.82, 2.24) is 0 Å². The number of non-ortho nitro benzene ring substituents is 1. The van der Waals surface area contributed by atoms with E-state index in [1.165, 1.54) is 23.9 Å². The first-order valence-corrected chi connectivity index (χ1v) is 7.48. The molecule has 0 aliphatic rings. The third-order valence-corrected chi connectivity index (χ3v) is 4.72. The Kier molecular flexibility index (Phi) is 4.80. The Labute approximate surface area is 129 Å². The average molecular weight is 354 g/mol. The van der Waals surface area contributed by atoms with Gasteiger partial charge in [0, 0.05) is 26.4 Å². The minimum Gasteiger partial charge on any atom is -0.389 e. The highest BCUT2D eigenvalue weighted by molar-refractivity contribution is 9.10. The van der Waals surface area contributed by atoms with Gasteiger partial charge in [-0.15, -0.1) is 0 Å². The summed E-state index contributed by atoms with van der Waals surface area (Å²) in [6.07, 6.45) is -0.510. The van der Waals surface area contributed by atoms with E-state index >= 15 is 0 Å². The normalized spacial score (nSPS) is 12.2. The zero-order chi connectivity index (χ0) is 14.7. The van der Waals surface area contributed by atoms with E-state index in [0.29, 0.717) is 0 Å². The lowest BCUT2D eigenvalue weighted by Crippen LogP contribution is -1.91. The molecule has 0 heterocycles. The summed E-state index contributed by atoms with van der Waals surface area (Å²) in [5, 5.41) is 20.1. The van der Waals surface area contributed by atoms with Gasteiger partial charge in [0.25, 0.3) is 5.69 Å². The fourth-order valence-corrected chi connectivity index (χ4v) is 3.08. The molecular formula is C14H12BrNO3S. The molecule has 4 nitrogen and oxygen atoms in total. The van der Waals surface area contributed by atoms with Crippen LogP contribution in [0.3, 0.4) is 0 Å². The summed E-state index contributed by atoms with van der Waals surface area (Å²) in [7, 11) is 0. The average Bonchev–Trinajstić information content (AvgIpc) is 2.41. The van der Waals surface area contributed by atoms with Crippen LogP contribution in [0.25, 0.3) is 0 Å². The van der Waals surface area contributed by atoms with E-state index in [4.69, 9.17) is 0 Å². The van der Waals surface area contributed by atoms with Crippen LogP contribution in [0.1, 0.15) is 18.6 Å². The molecule has 2 rings (SSSR count). The minimum absolute atomic E-state index is 0.0814. The third kappa shape index (κ3) is 3.59. The highest BCUT2D eigenvalue weighted by atomic mass is 79.9. The maximum atomic E-state index is 10.6. The van der Waals surface area contributed by atoms with Gasteiger partial charge in [-0.25, -0.2) is 0 Å². The number of benzene rings is 2. The second kappa shape index (κ2) is 6.39. The Morgan fingerprint density at radius 2 is 1.90 bits per heavy atom. The number of hydrogen-bond acceptors (Lipinski definition) is 4. The van der Waals surface area contributed by atoms with Gasteiger partial charge in [0.05, 0.1) is 11.0 Å². The van der Waals surface area contributed by atoms with E-state index in [0.717, 1.165) is 19.8 Å². The molecule has 0 amide bonds. The molecule has 1 atom stereocenters. The Balaban J connectivity index is 2.19. The van der Waals surface area contributed by atoms with Crippen LogP contribution in [0.2, 0.25) is 0 Å². The van der Waals surface area contributed by atoms with E-state index in [-0.39, 0.29) is 5.69 Å². The maximum Gasteiger partial charge on any atom is 0.269 e. The SMILES string of the molecule is C[C@@H](O)c1ccc(Sc2ccc([N+](=O)[O-])cc2)c(Br)c1. The third-order valence-electron chi connectivity index (χ3n) is 2.71. The molecule has 0 unspecified atom stereocenters. The predicted octanol–water partition coefficient (Wildman–Crippen LogP) is 4.56. The van der Waals surface area contributed by atoms with Crippen molar-refractivity contribution in [3.63, 3.8) is 0 Å². The van der Waals surface area contributed by atoms with Crippen LogP contribution in [0.4, 0.5) is 5.69 Å². The maximum absolute atomic E-state index is 10.6. The van der Waals surface area contributed by atoms with Gasteiger partial charge in [0.1, 0.15) is 0 Å². The van der Waals surface area contributed by atoms with Gasteiger partial charge in [-0.1, -0.05) is 17.8 Å². The fourth-order valence-electron chi connectivity index (χ4n) is 1.62. The highest BCUT2D eigenvalue weighted by Crippen LogP contribution is 2.35. The molecule has 0 aliphatic carbocycles. The summed E-state index contributed by atoms with van der Waals surface area (Å²) >= 11 is 4.97. The van der Waals surface area contributed by atoms with Crippen molar-refractivity contribution < 1.29 is 10.0 Å². The van der Waals surface area contributed by atoms with Gasteiger partial charge >= 0.3 is 0 Å². The van der Waals surface area contributed by atoms with Crippen LogP contribution in [-0.2, 0) is 0 Å². The van der Waals surface area contributed by atoms with Gasteiger partial charge < -0.3 is 5.11 Å². The van der Waals surface area contributed by atoms with Gasteiger partial charge in [-0.05, 0) is 52.7 Å². The quantitative estimate of drug-likeness (QED) is 0.646. The van der Waals surface area contributed by atoms with E-state index in [1.807, 2.05) is 18.2 Å². The van der Waals surface area contributed by atoms with Crippen molar-refractivity contribution in [3.05, 3.63) is 62.6 Å². The minimum atomic E-state index is -0.510. The largest absolute Gasteiger partial charge is 0.389 e. The molecule has 0 fully saturated rings. The van der Waals surface area contributed by atoms with Crippen molar-refractivity contribution in [2.45, 2.75) is 22.8 Å². The Morgan fingerprint density at radius 1 is 1.25 bits per heavy atom. The van der Waals surface area contributed by atoms with Crippen molar-refractivity contribution >= 4 is 33.4 Å². The van der Waals surface area contributed by atoms with Crippen molar-refractivity contribution in [2.24, 2.45) is 0 Å². The molecule has 20 heavy (non-hydrogen) atoms. The van der Waals surface area contributed by atoms with Crippen LogP contribution in [-0.4, -0.2) is 10.0 Å². The van der Waals surface area contributed by atoms with Crippen LogP contribution in [0.5, 0.6) is 0 Å². The molecule has 2 aromatic rings. The zero-order valence-corrected chi connectivity index (χ0v) is 13.0. The fraction of sp³-hybridized carbons (Fsp3) is 0.143. The molecule has 1 N–H and O–H groups in total. The summed E-state index contributed by atoms with van der Waals surface area (Å²) in [6.45, 7) is 1.71. The molecule has 6 heteroatoms. The van der Waals surface area contributed by atoms with Crippen LogP contribution >= 0.6 is 27.7 Å². The van der Waals surface area contributed by atoms with Crippen LogP contribution in [0, 0.1) is 10.1 Å². The second-order valence-electron chi connectivity index (χ2n) is 4.22. The molecule has 104 valence electrons. The number of nitro benzene ring substituents is 1. The lowest BCUT2D eigenvalue weighted by Gasteiger charge is -2.09. The van der Waals surface area contributed by atoms with E-state index in [9.17, 15) is 15.2 Å². The standard InChI is InChI=1S/C14H12BrNO3S/c1-9(17)10-2-7-14(13(15)8-10)20-12-5-3-11(4-6-12)16(18)19/h2-9,17H,1H3/t9-/m1/s1. The number of aliphatic hydroxyl groups is 1. The second-order valence-corrected chi connectivity index (χ2v) is 6.19. The smallest absolute Gasteiger partial charge is 0.269 e. The van der Waals surface area contributed by atoms with E-state index < -0.39 is 11.0 Å². The number of halogens is 1. The Bertz CT molecular complexity index is 629. The zero-order valence-electron chi connectivity index (χ0n) is 10.6. The molecule has 0 radical (unpaired) electrons. The molecule has 0 saturated carbocycles. The van der Waals surface area contributed by atoms with E-state index in [1.54, 1.807) is 19.1 Å². The Morgan fingerprint density at radius 3 is 2.40 bits per heavy atom. The lowest BCUT2D eigenvalue weighted by molar-refractivity contribution is -0.384. The van der Waals surface area contributed by atoms with Gasteiger partial charge in [-0.2, -0.15) is 0 Å². The molecular weight excluding hydrogens is 342 g/mol. The summed E-state index contributed by atoms with van der Waals surface area (Å²) in [6, 6.07) is 12.1. The summed E-state index contributed by atoms with van der Waals surface area (Å²) in [5.41, 5.74) is 0.919. The van der Waals surface area contributed by atoms with Gasteiger partial charge in [-0.3, -0.25) is 10.1 Å². The van der Waals surface area contributed by atoms with Crippen molar-refractivity contribution in [1.29, 1.82) is 0 Å². The molecule has 2 aromatic carbocycles. The van der Waals surface area contributed by atoms with Gasteiger partial charge in [0.2, 0.25) is 0 Å². The molecule has 0 bridgehead atoms. The first kappa shape index (κ1) is 15.0. The van der Waals surface area contributed by atoms with Crippen LogP contribution < -0.4 is 0 Å². The first-order chi connectivity index (χ1) is 9.47. The Hall–Kier alpha value is -1.37. The summed E-state index contributed by atoms with van der Waals surface area (Å²) < 4.78 is 0.888. The van der Waals surface area contributed by atoms with Gasteiger partial charge in [0.15, 0.2) is 0 Å². The van der Waals surface area contributed by atoms with Crippen LogP contribution in [0.15, 0.2) is 56.7 Å². The number of rotatable bonds is 4. The topological polar surface area (TPSA) is 63.4 Å².